The lowest BCUT2D eigenvalue weighted by Gasteiger charge is -2.15. The summed E-state index contributed by atoms with van der Waals surface area (Å²) >= 11 is 0. The largest absolute Gasteiger partial charge is 0.487 e. The minimum atomic E-state index is -1.62. The highest BCUT2D eigenvalue weighted by atomic mass is 19.2. The molecule has 0 aliphatic carbocycles. The van der Waals surface area contributed by atoms with Crippen molar-refractivity contribution in [3.63, 3.8) is 0 Å². The van der Waals surface area contributed by atoms with Gasteiger partial charge in [0.2, 0.25) is 17.5 Å². The molecule has 1 aromatic carbocycles. The summed E-state index contributed by atoms with van der Waals surface area (Å²) in [6, 6.07) is -0.665. The summed E-state index contributed by atoms with van der Waals surface area (Å²) in [7, 11) is 0. The number of halogens is 4. The fourth-order valence-electron chi connectivity index (χ4n) is 1.62. The minimum Gasteiger partial charge on any atom is -0.487 e. The zero-order valence-corrected chi connectivity index (χ0v) is 11.4. The number of benzene rings is 1. The summed E-state index contributed by atoms with van der Waals surface area (Å²) in [5.74, 6) is -8.15. The van der Waals surface area contributed by atoms with Gasteiger partial charge in [0.15, 0.2) is 17.4 Å². The number of hydrogen-bond acceptors (Lipinski definition) is 3. The van der Waals surface area contributed by atoms with E-state index in [0.717, 1.165) is 6.42 Å². The van der Waals surface area contributed by atoms with Gasteiger partial charge in [0.25, 0.3) is 0 Å². The van der Waals surface area contributed by atoms with Crippen molar-refractivity contribution in [3.8, 4) is 5.75 Å². The topological polar surface area (TPSA) is 64.3 Å². The lowest BCUT2D eigenvalue weighted by molar-refractivity contribution is -0.120. The van der Waals surface area contributed by atoms with Crippen molar-refractivity contribution in [2.45, 2.75) is 25.8 Å². The van der Waals surface area contributed by atoms with Gasteiger partial charge in [-0.15, -0.1) is 0 Å². The van der Waals surface area contributed by atoms with Gasteiger partial charge in [-0.2, -0.15) is 8.78 Å². The molecule has 0 aliphatic heterocycles. The lowest BCUT2D eigenvalue weighted by Crippen LogP contribution is -2.42. The highest BCUT2D eigenvalue weighted by Crippen LogP contribution is 2.26. The van der Waals surface area contributed by atoms with E-state index in [9.17, 15) is 22.4 Å². The minimum absolute atomic E-state index is 0.00630. The van der Waals surface area contributed by atoms with Crippen molar-refractivity contribution in [2.75, 3.05) is 13.2 Å². The summed E-state index contributed by atoms with van der Waals surface area (Å²) in [4.78, 5) is 11.1. The molecule has 0 fully saturated rings. The number of nitrogens with two attached hydrogens (primary N) is 1. The predicted octanol–water partition coefficient (Wildman–Crippen LogP) is 1.87. The normalized spacial score (nSPS) is 12.2. The van der Waals surface area contributed by atoms with Gasteiger partial charge in [0.05, 0.1) is 12.6 Å². The lowest BCUT2D eigenvalue weighted by atomic mass is 10.2. The Morgan fingerprint density at radius 3 is 2.33 bits per heavy atom. The van der Waals surface area contributed by atoms with Gasteiger partial charge >= 0.3 is 0 Å². The van der Waals surface area contributed by atoms with Crippen LogP contribution in [0.4, 0.5) is 17.6 Å². The molecule has 1 aromatic rings. The monoisotopic (exact) mass is 308 g/mol. The molecule has 0 radical (unpaired) electrons. The van der Waals surface area contributed by atoms with Crippen molar-refractivity contribution >= 4 is 5.91 Å². The molecule has 0 aliphatic rings. The van der Waals surface area contributed by atoms with Crippen molar-refractivity contribution in [2.24, 2.45) is 5.73 Å². The summed E-state index contributed by atoms with van der Waals surface area (Å²) in [6.07, 6.45) is 0.759. The molecule has 21 heavy (non-hydrogen) atoms. The average Bonchev–Trinajstić information content (AvgIpc) is 2.43. The number of ether oxygens (including phenoxy) is 1. The maximum atomic E-state index is 13.3. The first-order chi connectivity index (χ1) is 9.88. The van der Waals surface area contributed by atoms with Gasteiger partial charge in [-0.25, -0.2) is 8.78 Å². The van der Waals surface area contributed by atoms with Crippen LogP contribution in [0.2, 0.25) is 0 Å². The van der Waals surface area contributed by atoms with Crippen molar-refractivity contribution < 1.29 is 27.1 Å². The molecular weight excluding hydrogens is 292 g/mol. The quantitative estimate of drug-likeness (QED) is 0.569. The molecular formula is C13H16F4N2O2. The number of nitrogens with one attached hydrogen (secondary N) is 1. The van der Waals surface area contributed by atoms with Crippen molar-refractivity contribution in [1.29, 1.82) is 0 Å². The molecule has 0 saturated carbocycles. The number of primary amides is 1. The molecule has 3 N–H and O–H groups in total. The second-order valence-corrected chi connectivity index (χ2v) is 4.34. The van der Waals surface area contributed by atoms with Gasteiger partial charge in [0.1, 0.15) is 0 Å². The van der Waals surface area contributed by atoms with E-state index in [1.54, 1.807) is 0 Å². The standard InChI is InChI=1S/C13H16F4N2O2/c1-2-4-19-9(13(18)20)3-5-21-12-10(16)7(14)6-8(15)11(12)17/h6,9,19H,2-5H2,1H3,(H2,18,20). The van der Waals surface area contributed by atoms with Crippen LogP contribution >= 0.6 is 0 Å². The molecule has 0 aromatic heterocycles. The van der Waals surface area contributed by atoms with Crippen molar-refractivity contribution in [1.82, 2.24) is 5.32 Å². The molecule has 1 unspecified atom stereocenters. The molecule has 0 saturated heterocycles. The van der Waals surface area contributed by atoms with E-state index in [4.69, 9.17) is 10.5 Å². The van der Waals surface area contributed by atoms with E-state index >= 15 is 0 Å². The third kappa shape index (κ3) is 4.59. The fraction of sp³-hybridized carbons (Fsp3) is 0.462. The van der Waals surface area contributed by atoms with Gasteiger partial charge in [0, 0.05) is 12.5 Å². The van der Waals surface area contributed by atoms with Crippen molar-refractivity contribution in [3.05, 3.63) is 29.3 Å². The van der Waals surface area contributed by atoms with E-state index in [2.05, 4.69) is 5.32 Å². The number of carbonyl (C=O) groups excluding carboxylic acids is 1. The predicted molar refractivity (Wildman–Crippen MR) is 67.7 cm³/mol. The van der Waals surface area contributed by atoms with Crippen LogP contribution in [0.25, 0.3) is 0 Å². The zero-order chi connectivity index (χ0) is 16.0. The molecule has 0 bridgehead atoms. The SMILES string of the molecule is CCCNC(CCOc1c(F)c(F)cc(F)c1F)C(N)=O. The molecule has 1 atom stereocenters. The Balaban J connectivity index is 2.69. The summed E-state index contributed by atoms with van der Waals surface area (Å²) < 4.78 is 57.2. The van der Waals surface area contributed by atoms with Gasteiger partial charge in [-0.3, -0.25) is 4.79 Å². The molecule has 8 heteroatoms. The average molecular weight is 308 g/mol. The molecule has 1 rings (SSSR count). The van der Waals surface area contributed by atoms with E-state index in [0.29, 0.717) is 6.54 Å². The molecule has 118 valence electrons. The number of amides is 1. The Bertz CT molecular complexity index is 485. The maximum absolute atomic E-state index is 13.3. The molecule has 0 heterocycles. The summed E-state index contributed by atoms with van der Waals surface area (Å²) in [5.41, 5.74) is 5.14. The van der Waals surface area contributed by atoms with Crippen LogP contribution in [-0.2, 0) is 4.79 Å². The van der Waals surface area contributed by atoms with E-state index < -0.39 is 41.0 Å². The maximum Gasteiger partial charge on any atom is 0.234 e. The highest BCUT2D eigenvalue weighted by Gasteiger charge is 2.21. The molecule has 0 spiro atoms. The zero-order valence-electron chi connectivity index (χ0n) is 11.4. The van der Waals surface area contributed by atoms with Crippen LogP contribution in [-0.4, -0.2) is 25.1 Å². The van der Waals surface area contributed by atoms with E-state index in [1.165, 1.54) is 0 Å². The Labute approximate surface area is 119 Å². The highest BCUT2D eigenvalue weighted by molar-refractivity contribution is 5.79. The Morgan fingerprint density at radius 2 is 1.86 bits per heavy atom. The smallest absolute Gasteiger partial charge is 0.234 e. The van der Waals surface area contributed by atoms with Crippen LogP contribution < -0.4 is 15.8 Å². The van der Waals surface area contributed by atoms with Gasteiger partial charge in [-0.05, 0) is 13.0 Å². The number of hydrogen-bond donors (Lipinski definition) is 2. The summed E-state index contributed by atoms with van der Waals surface area (Å²) in [6.45, 7) is 2.06. The Kier molecular flexibility index (Phi) is 6.41. The van der Waals surface area contributed by atoms with Gasteiger partial charge < -0.3 is 15.8 Å². The number of carbonyl (C=O) groups is 1. The third-order valence-corrected chi connectivity index (χ3v) is 2.71. The Hall–Kier alpha value is -1.83. The van der Waals surface area contributed by atoms with Crippen LogP contribution in [0.3, 0.4) is 0 Å². The third-order valence-electron chi connectivity index (χ3n) is 2.71. The van der Waals surface area contributed by atoms with E-state index in [-0.39, 0.29) is 19.1 Å². The fourth-order valence-corrected chi connectivity index (χ4v) is 1.62. The first kappa shape index (κ1) is 17.2. The van der Waals surface area contributed by atoms with E-state index in [1.807, 2.05) is 6.92 Å². The van der Waals surface area contributed by atoms with Crippen LogP contribution in [0, 0.1) is 23.3 Å². The van der Waals surface area contributed by atoms with Crippen LogP contribution in [0.1, 0.15) is 19.8 Å². The Morgan fingerprint density at radius 1 is 1.29 bits per heavy atom. The number of rotatable bonds is 8. The first-order valence-electron chi connectivity index (χ1n) is 6.37. The van der Waals surface area contributed by atoms with Crippen LogP contribution in [0.15, 0.2) is 6.07 Å². The summed E-state index contributed by atoms with van der Waals surface area (Å²) in [5, 5.41) is 2.82. The second kappa shape index (κ2) is 7.82. The van der Waals surface area contributed by atoms with Gasteiger partial charge in [-0.1, -0.05) is 6.92 Å². The first-order valence-corrected chi connectivity index (χ1v) is 6.37. The van der Waals surface area contributed by atoms with Crippen LogP contribution in [0.5, 0.6) is 5.75 Å². The molecule has 4 nitrogen and oxygen atoms in total. The molecule has 1 amide bonds. The second-order valence-electron chi connectivity index (χ2n) is 4.34.